The molecule has 0 spiro atoms. The van der Waals surface area contributed by atoms with Crippen LogP contribution in [-0.2, 0) is 4.84 Å². The van der Waals surface area contributed by atoms with E-state index in [1.54, 1.807) is 0 Å². The molecule has 2 rings (SSSR count). The minimum Gasteiger partial charge on any atom is -0.312 e. The van der Waals surface area contributed by atoms with Crippen molar-refractivity contribution in [2.75, 3.05) is 13.2 Å². The molecule has 1 saturated heterocycles. The van der Waals surface area contributed by atoms with Gasteiger partial charge < -0.3 is 10.2 Å². The van der Waals surface area contributed by atoms with Crippen LogP contribution in [0, 0.1) is 0 Å². The highest BCUT2D eigenvalue weighted by Crippen LogP contribution is 2.19. The summed E-state index contributed by atoms with van der Waals surface area (Å²) in [5.74, 6) is 0. The number of hydrogen-bond donors (Lipinski definition) is 2. The van der Waals surface area contributed by atoms with Crippen LogP contribution in [0.15, 0.2) is 0 Å². The lowest BCUT2D eigenvalue weighted by molar-refractivity contribution is -0.00789. The number of hydrogen-bond acceptors (Lipinski definition) is 3. The van der Waals surface area contributed by atoms with Crippen LogP contribution in [0.1, 0.15) is 25.7 Å². The van der Waals surface area contributed by atoms with Crippen molar-refractivity contribution >= 4 is 0 Å². The van der Waals surface area contributed by atoms with E-state index >= 15 is 0 Å². The summed E-state index contributed by atoms with van der Waals surface area (Å²) < 4.78 is 0. The fourth-order valence-corrected chi connectivity index (χ4v) is 1.97. The van der Waals surface area contributed by atoms with Gasteiger partial charge >= 0.3 is 0 Å². The van der Waals surface area contributed by atoms with E-state index in [1.165, 1.54) is 25.7 Å². The SMILES string of the molecule is C1CC2CC(C1)NOCCN2. The first-order valence-electron chi connectivity index (χ1n) is 4.56. The van der Waals surface area contributed by atoms with Crippen LogP contribution in [0.4, 0.5) is 0 Å². The van der Waals surface area contributed by atoms with Gasteiger partial charge in [-0.15, -0.1) is 0 Å². The highest BCUT2D eigenvalue weighted by molar-refractivity contribution is 4.81. The number of fused-ring (bicyclic) bond motifs is 2. The van der Waals surface area contributed by atoms with Crippen molar-refractivity contribution in [3.63, 3.8) is 0 Å². The van der Waals surface area contributed by atoms with Gasteiger partial charge in [0.25, 0.3) is 0 Å². The minimum atomic E-state index is 0.599. The Kier molecular flexibility index (Phi) is 2.41. The van der Waals surface area contributed by atoms with Crippen LogP contribution in [0.25, 0.3) is 0 Å². The van der Waals surface area contributed by atoms with E-state index in [9.17, 15) is 0 Å². The molecule has 0 aromatic heterocycles. The first-order chi connectivity index (χ1) is 5.45. The van der Waals surface area contributed by atoms with Crippen LogP contribution < -0.4 is 10.8 Å². The van der Waals surface area contributed by atoms with Crippen molar-refractivity contribution in [2.24, 2.45) is 0 Å². The molecule has 2 unspecified atom stereocenters. The Balaban J connectivity index is 1.90. The fraction of sp³-hybridized carbons (Fsp3) is 1.00. The van der Waals surface area contributed by atoms with E-state index < -0.39 is 0 Å². The Labute approximate surface area is 67.4 Å². The molecular weight excluding hydrogens is 140 g/mol. The van der Waals surface area contributed by atoms with Gasteiger partial charge in [-0.25, -0.2) is 0 Å². The first-order valence-corrected chi connectivity index (χ1v) is 4.56. The smallest absolute Gasteiger partial charge is 0.0806 e. The molecule has 1 heterocycles. The Morgan fingerprint density at radius 1 is 1.18 bits per heavy atom. The van der Waals surface area contributed by atoms with Gasteiger partial charge in [0.15, 0.2) is 0 Å². The standard InChI is InChI=1S/C8H16N2O/c1-2-7-6-8(3-1)10-11-5-4-9-7/h7-10H,1-6H2. The van der Waals surface area contributed by atoms with Gasteiger partial charge in [-0.05, 0) is 19.3 Å². The molecule has 3 nitrogen and oxygen atoms in total. The predicted molar refractivity (Wildman–Crippen MR) is 43.1 cm³/mol. The molecule has 2 aliphatic rings. The predicted octanol–water partition coefficient (Wildman–Crippen LogP) is 0.422. The van der Waals surface area contributed by atoms with Crippen LogP contribution in [0.5, 0.6) is 0 Å². The maximum absolute atomic E-state index is 5.25. The van der Waals surface area contributed by atoms with E-state index in [0.29, 0.717) is 6.04 Å². The molecule has 64 valence electrons. The Morgan fingerprint density at radius 3 is 3.09 bits per heavy atom. The van der Waals surface area contributed by atoms with E-state index in [1.807, 2.05) is 0 Å². The molecule has 2 atom stereocenters. The zero-order valence-electron chi connectivity index (χ0n) is 6.81. The van der Waals surface area contributed by atoms with Crippen molar-refractivity contribution in [1.82, 2.24) is 10.8 Å². The maximum Gasteiger partial charge on any atom is 0.0806 e. The van der Waals surface area contributed by atoms with Gasteiger partial charge in [0.2, 0.25) is 0 Å². The van der Waals surface area contributed by atoms with E-state index in [-0.39, 0.29) is 0 Å². The molecule has 1 aliphatic carbocycles. The van der Waals surface area contributed by atoms with Crippen LogP contribution in [0.3, 0.4) is 0 Å². The topological polar surface area (TPSA) is 33.3 Å². The Hall–Kier alpha value is -0.120. The summed E-state index contributed by atoms with van der Waals surface area (Å²) in [5.41, 5.74) is 3.11. The third-order valence-corrected chi connectivity index (χ3v) is 2.56. The molecule has 0 radical (unpaired) electrons. The van der Waals surface area contributed by atoms with Crippen molar-refractivity contribution in [2.45, 2.75) is 37.8 Å². The van der Waals surface area contributed by atoms with Gasteiger partial charge in [-0.3, -0.25) is 0 Å². The van der Waals surface area contributed by atoms with Crippen molar-refractivity contribution < 1.29 is 4.84 Å². The summed E-state index contributed by atoms with van der Waals surface area (Å²) in [6.07, 6.45) is 5.19. The lowest BCUT2D eigenvalue weighted by atomic mass is 9.91. The molecular formula is C8H16N2O. The summed E-state index contributed by atoms with van der Waals surface area (Å²) in [5, 5.41) is 3.49. The third-order valence-electron chi connectivity index (χ3n) is 2.56. The molecule has 3 heteroatoms. The molecule has 2 bridgehead atoms. The average molecular weight is 156 g/mol. The quantitative estimate of drug-likeness (QED) is 0.533. The largest absolute Gasteiger partial charge is 0.312 e. The normalized spacial score (nSPS) is 39.3. The van der Waals surface area contributed by atoms with Crippen molar-refractivity contribution in [1.29, 1.82) is 0 Å². The second kappa shape index (κ2) is 3.52. The number of hydroxylamine groups is 1. The highest BCUT2D eigenvalue weighted by Gasteiger charge is 2.22. The average Bonchev–Trinajstić information content (AvgIpc) is 2.02. The third kappa shape index (κ3) is 1.92. The highest BCUT2D eigenvalue weighted by atomic mass is 16.6. The molecule has 0 amide bonds. The zero-order chi connectivity index (χ0) is 7.52. The lowest BCUT2D eigenvalue weighted by Gasteiger charge is -2.32. The Bertz CT molecular complexity index is 117. The van der Waals surface area contributed by atoms with Gasteiger partial charge in [0.05, 0.1) is 6.61 Å². The fourth-order valence-electron chi connectivity index (χ4n) is 1.97. The summed E-state index contributed by atoms with van der Waals surface area (Å²) in [6, 6.07) is 1.34. The molecule has 2 fully saturated rings. The van der Waals surface area contributed by atoms with Crippen molar-refractivity contribution in [3.8, 4) is 0 Å². The molecule has 2 N–H and O–H groups in total. The van der Waals surface area contributed by atoms with Crippen LogP contribution in [-0.4, -0.2) is 25.2 Å². The zero-order valence-corrected chi connectivity index (χ0v) is 6.81. The van der Waals surface area contributed by atoms with Gasteiger partial charge in [-0.1, -0.05) is 6.42 Å². The maximum atomic E-state index is 5.25. The van der Waals surface area contributed by atoms with Crippen LogP contribution >= 0.6 is 0 Å². The number of nitrogens with one attached hydrogen (secondary N) is 2. The van der Waals surface area contributed by atoms with E-state index in [4.69, 9.17) is 4.84 Å². The molecule has 11 heavy (non-hydrogen) atoms. The lowest BCUT2D eigenvalue weighted by Crippen LogP contribution is -2.46. The Morgan fingerprint density at radius 2 is 2.09 bits per heavy atom. The van der Waals surface area contributed by atoms with Crippen LogP contribution in [0.2, 0.25) is 0 Å². The van der Waals surface area contributed by atoms with Gasteiger partial charge in [0.1, 0.15) is 0 Å². The van der Waals surface area contributed by atoms with Crippen molar-refractivity contribution in [3.05, 3.63) is 0 Å². The molecule has 0 aromatic rings. The van der Waals surface area contributed by atoms with Gasteiger partial charge in [0, 0.05) is 18.6 Å². The summed E-state index contributed by atoms with van der Waals surface area (Å²) in [6.45, 7) is 1.79. The number of rotatable bonds is 0. The first kappa shape index (κ1) is 7.53. The molecule has 1 aliphatic heterocycles. The molecule has 1 saturated carbocycles. The second-order valence-corrected chi connectivity index (χ2v) is 3.48. The monoisotopic (exact) mass is 156 g/mol. The second-order valence-electron chi connectivity index (χ2n) is 3.48. The van der Waals surface area contributed by atoms with Gasteiger partial charge in [-0.2, -0.15) is 5.48 Å². The summed E-state index contributed by atoms with van der Waals surface area (Å²) in [7, 11) is 0. The minimum absolute atomic E-state index is 0.599. The summed E-state index contributed by atoms with van der Waals surface area (Å²) >= 11 is 0. The van der Waals surface area contributed by atoms with E-state index in [2.05, 4.69) is 10.8 Å². The summed E-state index contributed by atoms with van der Waals surface area (Å²) in [4.78, 5) is 5.25. The van der Waals surface area contributed by atoms with E-state index in [0.717, 1.165) is 19.2 Å². The molecule has 0 aromatic carbocycles.